The predicted molar refractivity (Wildman–Crippen MR) is 145 cm³/mol. The molecule has 6 atom stereocenters. The van der Waals surface area contributed by atoms with Crippen LogP contribution in [0.1, 0.15) is 45.6 Å². The van der Waals surface area contributed by atoms with Gasteiger partial charge in [0, 0.05) is 13.2 Å². The second-order valence-corrected chi connectivity index (χ2v) is 10.8. The van der Waals surface area contributed by atoms with Crippen molar-refractivity contribution >= 4 is 12.0 Å². The maximum absolute atomic E-state index is 12.9. The van der Waals surface area contributed by atoms with Gasteiger partial charge in [-0.15, -0.1) is 0 Å². The molecule has 2 heterocycles. The fourth-order valence-electron chi connectivity index (χ4n) is 5.71. The van der Waals surface area contributed by atoms with E-state index in [4.69, 9.17) is 38.3 Å². The van der Waals surface area contributed by atoms with E-state index in [2.05, 4.69) is 26.8 Å². The normalized spacial score (nSPS) is 31.2. The molecule has 39 heavy (non-hydrogen) atoms. The van der Waals surface area contributed by atoms with E-state index >= 15 is 0 Å². The van der Waals surface area contributed by atoms with Crippen LogP contribution in [-0.2, 0) is 28.5 Å². The van der Waals surface area contributed by atoms with E-state index in [9.17, 15) is 4.79 Å². The molecule has 9 nitrogen and oxygen atoms in total. The minimum Gasteiger partial charge on any atom is -0.493 e. The summed E-state index contributed by atoms with van der Waals surface area (Å²) in [5.41, 5.74) is 1.39. The smallest absolute Gasteiger partial charge is 0.331 e. The first-order valence-electron chi connectivity index (χ1n) is 13.6. The van der Waals surface area contributed by atoms with Crippen LogP contribution < -0.4 is 9.47 Å². The SMILES string of the molecule is COc1cc(C=CC(=O)O[C@@H]2CC[C@]3(CO3)[C@@H]([C@@]3(C)O[C@@H]3CC=C(C)C)[C@@H]2OC)ccc1OCCOCCO. The highest BCUT2D eigenvalue weighted by Crippen LogP contribution is 2.59. The first-order chi connectivity index (χ1) is 18.8. The first kappa shape index (κ1) is 29.6. The molecule has 2 saturated heterocycles. The average Bonchev–Trinajstić information content (AvgIpc) is 3.84. The molecule has 1 saturated carbocycles. The zero-order valence-electron chi connectivity index (χ0n) is 23.6. The van der Waals surface area contributed by atoms with Crippen LogP contribution in [0.2, 0.25) is 0 Å². The molecule has 1 spiro atoms. The van der Waals surface area contributed by atoms with Gasteiger partial charge in [-0.2, -0.15) is 0 Å². The van der Waals surface area contributed by atoms with Crippen LogP contribution in [-0.4, -0.2) is 87.8 Å². The number of esters is 1. The van der Waals surface area contributed by atoms with Crippen LogP contribution in [0.15, 0.2) is 35.9 Å². The highest BCUT2D eigenvalue weighted by Gasteiger charge is 2.72. The van der Waals surface area contributed by atoms with E-state index < -0.39 is 12.1 Å². The van der Waals surface area contributed by atoms with Gasteiger partial charge in [0.05, 0.1) is 45.6 Å². The number of carbonyl (C=O) groups excluding carboxylic acids is 1. The van der Waals surface area contributed by atoms with E-state index in [-0.39, 0.29) is 42.5 Å². The topological polar surface area (TPSA) is 109 Å². The Balaban J connectivity index is 1.37. The van der Waals surface area contributed by atoms with Gasteiger partial charge in [-0.3, -0.25) is 0 Å². The van der Waals surface area contributed by atoms with Gasteiger partial charge in [-0.25, -0.2) is 4.79 Å². The Hall–Kier alpha value is -2.43. The summed E-state index contributed by atoms with van der Waals surface area (Å²) in [4.78, 5) is 12.9. The van der Waals surface area contributed by atoms with Crippen LogP contribution in [0.5, 0.6) is 11.5 Å². The third kappa shape index (κ3) is 7.02. The Morgan fingerprint density at radius 2 is 1.97 bits per heavy atom. The summed E-state index contributed by atoms with van der Waals surface area (Å²) in [5.74, 6) is 0.650. The highest BCUT2D eigenvalue weighted by molar-refractivity contribution is 5.87. The Kier molecular flexibility index (Phi) is 9.72. The van der Waals surface area contributed by atoms with Gasteiger partial charge in [0.2, 0.25) is 0 Å². The molecule has 1 aromatic carbocycles. The van der Waals surface area contributed by atoms with Crippen molar-refractivity contribution in [3.8, 4) is 11.5 Å². The summed E-state index contributed by atoms with van der Waals surface area (Å²) in [7, 11) is 3.22. The Bertz CT molecular complexity index is 1040. The fraction of sp³-hybridized carbons (Fsp3) is 0.633. The molecule has 1 N–H and O–H groups in total. The molecule has 1 aliphatic carbocycles. The first-order valence-corrected chi connectivity index (χ1v) is 13.6. The number of methoxy groups -OCH3 is 2. The monoisotopic (exact) mass is 546 g/mol. The Morgan fingerprint density at radius 3 is 2.64 bits per heavy atom. The maximum atomic E-state index is 12.9. The second-order valence-electron chi connectivity index (χ2n) is 10.8. The summed E-state index contributed by atoms with van der Waals surface area (Å²) in [6, 6.07) is 5.39. The van der Waals surface area contributed by atoms with E-state index in [1.54, 1.807) is 32.4 Å². The number of ether oxygens (including phenoxy) is 7. The number of allylic oxidation sites excluding steroid dienone is 1. The van der Waals surface area contributed by atoms with Crippen LogP contribution in [0.4, 0.5) is 0 Å². The Morgan fingerprint density at radius 1 is 1.18 bits per heavy atom. The number of carbonyl (C=O) groups is 1. The van der Waals surface area contributed by atoms with Gasteiger partial charge in [-0.05, 0) is 63.8 Å². The van der Waals surface area contributed by atoms with Gasteiger partial charge in [-0.1, -0.05) is 17.7 Å². The van der Waals surface area contributed by atoms with Crippen molar-refractivity contribution in [2.45, 2.75) is 69.5 Å². The molecule has 216 valence electrons. The molecular weight excluding hydrogens is 504 g/mol. The molecule has 2 aliphatic heterocycles. The number of hydrogen-bond acceptors (Lipinski definition) is 9. The van der Waals surface area contributed by atoms with E-state index in [1.165, 1.54) is 11.6 Å². The van der Waals surface area contributed by atoms with E-state index in [0.717, 1.165) is 18.4 Å². The molecule has 1 aromatic rings. The van der Waals surface area contributed by atoms with Crippen LogP contribution in [0.25, 0.3) is 6.08 Å². The lowest BCUT2D eigenvalue weighted by Gasteiger charge is -2.42. The predicted octanol–water partition coefficient (Wildman–Crippen LogP) is 3.72. The molecule has 0 bridgehead atoms. The summed E-state index contributed by atoms with van der Waals surface area (Å²) in [5, 5.41) is 8.77. The van der Waals surface area contributed by atoms with Crippen molar-refractivity contribution in [3.05, 3.63) is 41.5 Å². The molecule has 3 fully saturated rings. The molecule has 3 aliphatic rings. The molecule has 9 heteroatoms. The largest absolute Gasteiger partial charge is 0.493 e. The number of epoxide rings is 2. The number of rotatable bonds is 14. The van der Waals surface area contributed by atoms with Gasteiger partial charge < -0.3 is 38.3 Å². The minimum absolute atomic E-state index is 0.0214. The van der Waals surface area contributed by atoms with Crippen LogP contribution in [0, 0.1) is 5.92 Å². The van der Waals surface area contributed by atoms with Gasteiger partial charge in [0.25, 0.3) is 0 Å². The third-order valence-corrected chi connectivity index (χ3v) is 7.83. The number of benzene rings is 1. The van der Waals surface area contributed by atoms with Gasteiger partial charge in [0.1, 0.15) is 30.0 Å². The Labute approximate surface area is 231 Å². The molecule has 0 radical (unpaired) electrons. The van der Waals surface area contributed by atoms with Crippen molar-refractivity contribution in [1.29, 1.82) is 0 Å². The lowest BCUT2D eigenvalue weighted by molar-refractivity contribution is -0.166. The summed E-state index contributed by atoms with van der Waals surface area (Å²) in [6.45, 7) is 7.91. The summed E-state index contributed by atoms with van der Waals surface area (Å²) < 4.78 is 40.5. The van der Waals surface area contributed by atoms with Gasteiger partial charge in [0.15, 0.2) is 11.5 Å². The molecule has 4 rings (SSSR count). The quantitative estimate of drug-likeness (QED) is 0.123. The molecular formula is C30H42O9. The molecule has 0 aromatic heterocycles. The standard InChI is InChI=1S/C30H42O9/c1-20(2)6-10-25-29(3,39-25)28-27(34-5)23(12-13-30(28)19-37-30)38-26(32)11-8-21-7-9-22(24(18-21)33-4)36-17-16-35-15-14-31/h6-9,11,18,23,25,27-28,31H,10,12-17,19H2,1-5H3/t23-,25-,27-,28-,29+,30+/m1/s1. The number of hydrogen-bond donors (Lipinski definition) is 1. The van der Waals surface area contributed by atoms with Crippen molar-refractivity contribution in [2.24, 2.45) is 5.92 Å². The van der Waals surface area contributed by atoms with Crippen molar-refractivity contribution in [3.63, 3.8) is 0 Å². The number of aliphatic hydroxyl groups excluding tert-OH is 1. The second kappa shape index (κ2) is 12.8. The third-order valence-electron chi connectivity index (χ3n) is 7.83. The summed E-state index contributed by atoms with van der Waals surface area (Å²) >= 11 is 0. The van der Waals surface area contributed by atoms with Crippen LogP contribution >= 0.6 is 0 Å². The van der Waals surface area contributed by atoms with Crippen molar-refractivity contribution in [2.75, 3.05) is 47.3 Å². The maximum Gasteiger partial charge on any atom is 0.331 e. The fourth-order valence-corrected chi connectivity index (χ4v) is 5.71. The number of aliphatic hydroxyl groups is 1. The lowest BCUT2D eigenvalue weighted by Crippen LogP contribution is -2.55. The summed E-state index contributed by atoms with van der Waals surface area (Å²) in [6.07, 6.45) is 7.01. The van der Waals surface area contributed by atoms with Crippen molar-refractivity contribution < 1.29 is 43.1 Å². The zero-order chi connectivity index (χ0) is 28.0. The van der Waals surface area contributed by atoms with E-state index in [0.29, 0.717) is 37.7 Å². The average molecular weight is 547 g/mol. The molecule has 0 amide bonds. The van der Waals surface area contributed by atoms with Crippen molar-refractivity contribution in [1.82, 2.24) is 0 Å². The van der Waals surface area contributed by atoms with Crippen LogP contribution in [0.3, 0.4) is 0 Å². The van der Waals surface area contributed by atoms with E-state index in [1.807, 2.05) is 6.07 Å². The lowest BCUT2D eigenvalue weighted by atomic mass is 9.68. The minimum atomic E-state index is -0.434. The highest BCUT2D eigenvalue weighted by atomic mass is 16.6. The van der Waals surface area contributed by atoms with Gasteiger partial charge >= 0.3 is 5.97 Å². The zero-order valence-corrected chi connectivity index (χ0v) is 23.6. The molecule has 0 unspecified atom stereocenters.